The smallest absolute Gasteiger partial charge is 0.307 e. The van der Waals surface area contributed by atoms with Crippen molar-refractivity contribution in [3.05, 3.63) is 42.0 Å². The van der Waals surface area contributed by atoms with Crippen LogP contribution in [0.1, 0.15) is 37.7 Å². The average molecular weight is 313 g/mol. The molecular formula is C19H23NO3. The van der Waals surface area contributed by atoms with Gasteiger partial charge in [0.25, 0.3) is 0 Å². The summed E-state index contributed by atoms with van der Waals surface area (Å²) in [6, 6.07) is 10.1. The summed E-state index contributed by atoms with van der Waals surface area (Å²) in [5.41, 5.74) is 1.14. The van der Waals surface area contributed by atoms with Crippen molar-refractivity contribution in [2.75, 3.05) is 13.1 Å². The van der Waals surface area contributed by atoms with E-state index in [4.69, 9.17) is 5.11 Å². The van der Waals surface area contributed by atoms with E-state index in [9.17, 15) is 9.59 Å². The first-order valence-corrected chi connectivity index (χ1v) is 8.33. The van der Waals surface area contributed by atoms with Gasteiger partial charge in [0, 0.05) is 19.5 Å². The zero-order chi connectivity index (χ0) is 16.3. The van der Waals surface area contributed by atoms with Crippen LogP contribution in [0.25, 0.3) is 6.08 Å². The maximum Gasteiger partial charge on any atom is 0.307 e. The molecule has 0 radical (unpaired) electrons. The molecule has 0 aromatic heterocycles. The van der Waals surface area contributed by atoms with E-state index in [-0.39, 0.29) is 17.2 Å². The van der Waals surface area contributed by atoms with E-state index in [2.05, 4.69) is 0 Å². The van der Waals surface area contributed by atoms with Crippen molar-refractivity contribution in [3.63, 3.8) is 0 Å². The molecule has 0 bridgehead atoms. The maximum atomic E-state index is 12.2. The molecule has 1 saturated carbocycles. The van der Waals surface area contributed by atoms with Crippen molar-refractivity contribution in [3.8, 4) is 0 Å². The zero-order valence-electron chi connectivity index (χ0n) is 13.3. The molecule has 1 N–H and O–H groups in total. The molecule has 1 aliphatic carbocycles. The van der Waals surface area contributed by atoms with Gasteiger partial charge in [-0.2, -0.15) is 0 Å². The number of hydrogen-bond donors (Lipinski definition) is 1. The van der Waals surface area contributed by atoms with Gasteiger partial charge in [0.15, 0.2) is 0 Å². The highest BCUT2D eigenvalue weighted by atomic mass is 16.4. The number of carboxylic acid groups (broad SMARTS) is 1. The number of rotatable bonds is 5. The van der Waals surface area contributed by atoms with Crippen LogP contribution >= 0.6 is 0 Å². The second-order valence-electron chi connectivity index (χ2n) is 6.69. The molecule has 1 unspecified atom stereocenters. The van der Waals surface area contributed by atoms with Crippen molar-refractivity contribution in [1.29, 1.82) is 0 Å². The largest absolute Gasteiger partial charge is 0.481 e. The van der Waals surface area contributed by atoms with Crippen molar-refractivity contribution in [1.82, 2.24) is 4.90 Å². The fourth-order valence-corrected chi connectivity index (χ4v) is 3.60. The summed E-state index contributed by atoms with van der Waals surface area (Å²) >= 11 is 0. The number of carbonyl (C=O) groups excluding carboxylic acids is 1. The van der Waals surface area contributed by atoms with Crippen molar-refractivity contribution in [2.45, 2.75) is 32.1 Å². The number of aliphatic carboxylic acids is 1. The number of hydrogen-bond acceptors (Lipinski definition) is 2. The predicted molar refractivity (Wildman–Crippen MR) is 88.7 cm³/mol. The lowest BCUT2D eigenvalue weighted by atomic mass is 9.90. The van der Waals surface area contributed by atoms with E-state index in [0.29, 0.717) is 19.5 Å². The molecule has 3 rings (SSSR count). The Hall–Kier alpha value is -2.10. The normalized spacial score (nSPS) is 22.4. The Bertz CT molecular complexity index is 600. The average Bonchev–Trinajstić information content (AvgIpc) is 3.27. The van der Waals surface area contributed by atoms with Gasteiger partial charge < -0.3 is 10.0 Å². The number of amides is 1. The summed E-state index contributed by atoms with van der Waals surface area (Å²) in [6.45, 7) is 1.43. The number of likely N-dealkylation sites (tertiary alicyclic amines) is 1. The maximum absolute atomic E-state index is 12.2. The molecule has 2 fully saturated rings. The molecule has 122 valence electrons. The zero-order valence-corrected chi connectivity index (χ0v) is 13.3. The molecule has 1 saturated heterocycles. The Kier molecular flexibility index (Phi) is 4.51. The molecular weight excluding hydrogens is 290 g/mol. The van der Waals surface area contributed by atoms with Crippen LogP contribution in [0, 0.1) is 11.3 Å². The molecule has 1 heterocycles. The Labute approximate surface area is 136 Å². The van der Waals surface area contributed by atoms with Gasteiger partial charge in [0.1, 0.15) is 0 Å². The fourth-order valence-electron chi connectivity index (χ4n) is 3.60. The van der Waals surface area contributed by atoms with Gasteiger partial charge in [0.05, 0.1) is 5.92 Å². The van der Waals surface area contributed by atoms with E-state index in [1.54, 1.807) is 0 Å². The van der Waals surface area contributed by atoms with Crippen LogP contribution in [0.15, 0.2) is 36.4 Å². The second kappa shape index (κ2) is 6.57. The highest BCUT2D eigenvalue weighted by Crippen LogP contribution is 2.59. The minimum Gasteiger partial charge on any atom is -0.481 e. The molecule has 4 heteroatoms. The van der Waals surface area contributed by atoms with E-state index in [0.717, 1.165) is 31.2 Å². The summed E-state index contributed by atoms with van der Waals surface area (Å²) in [5, 5.41) is 9.09. The summed E-state index contributed by atoms with van der Waals surface area (Å²) in [7, 11) is 0. The van der Waals surface area contributed by atoms with Crippen LogP contribution < -0.4 is 0 Å². The van der Waals surface area contributed by atoms with Crippen LogP contribution in [0.5, 0.6) is 0 Å². The summed E-state index contributed by atoms with van der Waals surface area (Å²) < 4.78 is 0. The van der Waals surface area contributed by atoms with Gasteiger partial charge in [0.2, 0.25) is 5.91 Å². The van der Waals surface area contributed by atoms with Crippen LogP contribution in [-0.4, -0.2) is 35.0 Å². The van der Waals surface area contributed by atoms with Gasteiger partial charge in [-0.05, 0) is 36.7 Å². The molecule has 1 atom stereocenters. The van der Waals surface area contributed by atoms with E-state index < -0.39 is 5.97 Å². The van der Waals surface area contributed by atoms with Crippen molar-refractivity contribution < 1.29 is 14.7 Å². The molecule has 4 nitrogen and oxygen atoms in total. The van der Waals surface area contributed by atoms with Crippen LogP contribution in [0.3, 0.4) is 0 Å². The molecule has 2 aliphatic rings. The SMILES string of the molecule is O=C(O)C1CC12CCN(C(=O)CC/C=C/c1ccccc1)CC2. The molecule has 1 aromatic rings. The molecule has 1 aromatic carbocycles. The third-order valence-corrected chi connectivity index (χ3v) is 5.23. The fraction of sp³-hybridized carbons (Fsp3) is 0.474. The van der Waals surface area contributed by atoms with Crippen LogP contribution in [0.2, 0.25) is 0 Å². The first kappa shape index (κ1) is 15.8. The number of carboxylic acids is 1. The third-order valence-electron chi connectivity index (χ3n) is 5.23. The lowest BCUT2D eigenvalue weighted by Crippen LogP contribution is -2.39. The second-order valence-corrected chi connectivity index (χ2v) is 6.69. The Morgan fingerprint density at radius 1 is 1.22 bits per heavy atom. The number of carbonyl (C=O) groups is 2. The molecule has 23 heavy (non-hydrogen) atoms. The van der Waals surface area contributed by atoms with Gasteiger partial charge in [-0.1, -0.05) is 42.5 Å². The number of benzene rings is 1. The summed E-state index contributed by atoms with van der Waals surface area (Å²) in [4.78, 5) is 25.2. The van der Waals surface area contributed by atoms with Gasteiger partial charge in [-0.15, -0.1) is 0 Å². The Morgan fingerprint density at radius 3 is 2.52 bits per heavy atom. The molecule has 1 spiro atoms. The number of piperidine rings is 1. The highest BCUT2D eigenvalue weighted by molar-refractivity contribution is 5.77. The monoisotopic (exact) mass is 313 g/mol. The number of allylic oxidation sites excluding steroid dienone is 1. The van der Waals surface area contributed by atoms with Gasteiger partial charge >= 0.3 is 5.97 Å². The Balaban J connectivity index is 1.40. The van der Waals surface area contributed by atoms with Crippen molar-refractivity contribution in [2.24, 2.45) is 11.3 Å². The van der Waals surface area contributed by atoms with E-state index in [1.807, 2.05) is 47.4 Å². The lowest BCUT2D eigenvalue weighted by molar-refractivity contribution is -0.139. The molecule has 1 aliphatic heterocycles. The standard InChI is InChI=1S/C19H23NO3/c21-17(9-5-4-8-15-6-2-1-3-7-15)20-12-10-19(11-13-20)14-16(19)18(22)23/h1-4,6-8,16H,5,9-14H2,(H,22,23)/b8-4+. The Morgan fingerprint density at radius 2 is 1.91 bits per heavy atom. The minimum atomic E-state index is -0.671. The van der Waals surface area contributed by atoms with Crippen molar-refractivity contribution >= 4 is 18.0 Å². The summed E-state index contributed by atoms with van der Waals surface area (Å²) in [6.07, 6.45) is 7.83. The first-order chi connectivity index (χ1) is 11.1. The summed E-state index contributed by atoms with van der Waals surface area (Å²) in [5.74, 6) is -0.658. The van der Waals surface area contributed by atoms with Crippen LogP contribution in [-0.2, 0) is 9.59 Å². The minimum absolute atomic E-state index is 0.00414. The van der Waals surface area contributed by atoms with E-state index in [1.165, 1.54) is 0 Å². The first-order valence-electron chi connectivity index (χ1n) is 8.33. The third kappa shape index (κ3) is 3.63. The molecule has 1 amide bonds. The topological polar surface area (TPSA) is 57.6 Å². The number of nitrogens with zero attached hydrogens (tertiary/aromatic N) is 1. The van der Waals surface area contributed by atoms with Gasteiger partial charge in [-0.3, -0.25) is 9.59 Å². The lowest BCUT2D eigenvalue weighted by Gasteiger charge is -2.32. The predicted octanol–water partition coefficient (Wildman–Crippen LogP) is 3.19. The van der Waals surface area contributed by atoms with E-state index >= 15 is 0 Å². The van der Waals surface area contributed by atoms with Gasteiger partial charge in [-0.25, -0.2) is 0 Å². The van der Waals surface area contributed by atoms with Crippen LogP contribution in [0.4, 0.5) is 0 Å². The highest BCUT2D eigenvalue weighted by Gasteiger charge is 2.59. The quantitative estimate of drug-likeness (QED) is 0.908.